The summed E-state index contributed by atoms with van der Waals surface area (Å²) in [4.78, 5) is 35.4. The molecule has 0 amide bonds. The van der Waals surface area contributed by atoms with Gasteiger partial charge in [0.25, 0.3) is 0 Å². The Morgan fingerprint density at radius 1 is 0.571 bits per heavy atom. The summed E-state index contributed by atoms with van der Waals surface area (Å²) >= 11 is 0. The number of allylic oxidation sites excluding steroid dienone is 12. The van der Waals surface area contributed by atoms with Crippen molar-refractivity contribution < 1.29 is 63.1 Å². The molecule has 1 saturated carbocycles. The van der Waals surface area contributed by atoms with Gasteiger partial charge in [-0.15, -0.1) is 0 Å². The summed E-state index contributed by atoms with van der Waals surface area (Å²) in [5, 5.41) is 49.9. The predicted molar refractivity (Wildman–Crippen MR) is 216 cm³/mol. The van der Waals surface area contributed by atoms with Crippen LogP contribution in [0, 0.1) is 0 Å². The van der Waals surface area contributed by atoms with Crippen LogP contribution in [0.5, 0.6) is 0 Å². The van der Waals surface area contributed by atoms with E-state index in [2.05, 4.69) is 68.5 Å². The minimum Gasteiger partial charge on any atom is -0.462 e. The first-order valence-electron chi connectivity index (χ1n) is 20.2. The molecule has 1 aliphatic rings. The molecule has 8 atom stereocenters. The van der Waals surface area contributed by atoms with E-state index in [-0.39, 0.29) is 12.8 Å². The van der Waals surface area contributed by atoms with Gasteiger partial charge in [0.15, 0.2) is 6.10 Å². The summed E-state index contributed by atoms with van der Waals surface area (Å²) in [5.41, 5.74) is 0. The lowest BCUT2D eigenvalue weighted by molar-refractivity contribution is -0.220. The Morgan fingerprint density at radius 2 is 1.02 bits per heavy atom. The first-order chi connectivity index (χ1) is 26.9. The average molecular weight is 813 g/mol. The third-order valence-electron chi connectivity index (χ3n) is 8.83. The second kappa shape index (κ2) is 32.3. The molecule has 0 aromatic rings. The smallest absolute Gasteiger partial charge is 0.462 e. The van der Waals surface area contributed by atoms with Crippen LogP contribution in [0.15, 0.2) is 72.9 Å². The van der Waals surface area contributed by atoms with Gasteiger partial charge < -0.3 is 39.9 Å². The van der Waals surface area contributed by atoms with Crippen LogP contribution in [0.4, 0.5) is 0 Å². The van der Waals surface area contributed by atoms with Gasteiger partial charge in [-0.2, -0.15) is 0 Å². The van der Waals surface area contributed by atoms with E-state index in [1.54, 1.807) is 0 Å². The molecule has 0 heterocycles. The van der Waals surface area contributed by atoms with Crippen molar-refractivity contribution in [1.82, 2.24) is 0 Å². The molecular weight excluding hydrogens is 743 g/mol. The summed E-state index contributed by atoms with van der Waals surface area (Å²) < 4.78 is 33.2. The molecule has 1 rings (SSSR count). The second-order valence-electron chi connectivity index (χ2n) is 13.8. The molecule has 14 heteroatoms. The van der Waals surface area contributed by atoms with Crippen LogP contribution in [-0.4, -0.2) is 98.3 Å². The predicted octanol–water partition coefficient (Wildman–Crippen LogP) is 6.77. The van der Waals surface area contributed by atoms with Crippen molar-refractivity contribution in [2.24, 2.45) is 0 Å². The van der Waals surface area contributed by atoms with E-state index in [0.29, 0.717) is 19.3 Å². The van der Waals surface area contributed by atoms with E-state index in [0.717, 1.165) is 57.8 Å². The highest BCUT2D eigenvalue weighted by molar-refractivity contribution is 7.47. The Morgan fingerprint density at radius 3 is 1.52 bits per heavy atom. The lowest BCUT2D eigenvalue weighted by atomic mass is 9.85. The molecule has 320 valence electrons. The Bertz CT molecular complexity index is 1260. The first kappa shape index (κ1) is 51.3. The topological polar surface area (TPSA) is 210 Å². The molecule has 0 bridgehead atoms. The Balaban J connectivity index is 2.56. The average Bonchev–Trinajstić information content (AvgIpc) is 3.18. The number of phosphoric acid groups is 1. The fourth-order valence-corrected chi connectivity index (χ4v) is 6.52. The number of carbonyl (C=O) groups is 2. The standard InChI is InChI=1S/C42H69O13P/c1-3-5-7-9-11-13-14-15-16-17-18-19-20-21-22-23-25-27-29-31-36(44)54-34(32-52-35(43)30-28-26-24-12-10-8-6-4-2)33-53-56(50,51)55-42-40(48)38(46)37(45)39(47)41(42)49/h5,7,11,13,15-16,18-19,21-22,25,27,34,37-42,45-49H,3-4,6,8-10,12,14,17,20,23-24,26,28-33H2,1-2H3,(H,50,51)/b7-5+,13-11+,16-15+,19-18+,22-21+,27-25+/t34-,37?,38+,39?,40?,41?,42?/m1/s1. The first-order valence-corrected chi connectivity index (χ1v) is 21.7. The van der Waals surface area contributed by atoms with Gasteiger partial charge in [0.05, 0.1) is 6.61 Å². The Kier molecular flexibility index (Phi) is 29.6. The molecule has 56 heavy (non-hydrogen) atoms. The quantitative estimate of drug-likeness (QED) is 0.0185. The SMILES string of the molecule is CC/C=C/C/C=C/C/C=C/C/C=C/C/C=C/C/C=C/CCC(=O)O[C@H](COC(=O)CCCCCCCCCC)COP(=O)(O)OC1C(O)C(O)C(O)[C@H](O)C1O. The van der Waals surface area contributed by atoms with Gasteiger partial charge in [0.2, 0.25) is 0 Å². The highest BCUT2D eigenvalue weighted by Crippen LogP contribution is 2.47. The van der Waals surface area contributed by atoms with Crippen molar-refractivity contribution in [2.45, 2.75) is 166 Å². The minimum atomic E-state index is -5.13. The third-order valence-corrected chi connectivity index (χ3v) is 9.81. The third kappa shape index (κ3) is 24.8. The van der Waals surface area contributed by atoms with Crippen molar-refractivity contribution >= 4 is 19.8 Å². The lowest BCUT2D eigenvalue weighted by Crippen LogP contribution is -2.64. The normalized spacial score (nSPS) is 23.6. The zero-order valence-electron chi connectivity index (χ0n) is 33.4. The molecule has 1 fully saturated rings. The number of aliphatic hydroxyl groups excluding tert-OH is 5. The number of rotatable bonds is 31. The van der Waals surface area contributed by atoms with E-state index >= 15 is 0 Å². The summed E-state index contributed by atoms with van der Waals surface area (Å²) in [6, 6.07) is 0. The van der Waals surface area contributed by atoms with Crippen molar-refractivity contribution in [3.63, 3.8) is 0 Å². The van der Waals surface area contributed by atoms with Crippen LogP contribution < -0.4 is 0 Å². The van der Waals surface area contributed by atoms with Crippen molar-refractivity contribution in [2.75, 3.05) is 13.2 Å². The van der Waals surface area contributed by atoms with Crippen LogP contribution in [0.1, 0.15) is 123 Å². The molecular formula is C42H69O13P. The van der Waals surface area contributed by atoms with Gasteiger partial charge in [-0.05, 0) is 51.4 Å². The molecule has 1 aliphatic carbocycles. The number of carbonyl (C=O) groups excluding carboxylic acids is 2. The molecule has 0 radical (unpaired) electrons. The van der Waals surface area contributed by atoms with Crippen LogP contribution in [0.2, 0.25) is 0 Å². The number of esters is 2. The lowest BCUT2D eigenvalue weighted by Gasteiger charge is -2.41. The number of hydrogen-bond donors (Lipinski definition) is 6. The summed E-state index contributed by atoms with van der Waals surface area (Å²) in [6.45, 7) is 3.04. The molecule has 0 spiro atoms. The summed E-state index contributed by atoms with van der Waals surface area (Å²) in [5.74, 6) is -1.21. The van der Waals surface area contributed by atoms with Gasteiger partial charge in [-0.1, -0.05) is 132 Å². The maximum Gasteiger partial charge on any atom is 0.472 e. The largest absolute Gasteiger partial charge is 0.472 e. The van der Waals surface area contributed by atoms with Crippen molar-refractivity contribution in [3.05, 3.63) is 72.9 Å². The van der Waals surface area contributed by atoms with Crippen LogP contribution >= 0.6 is 7.82 Å². The summed E-state index contributed by atoms with van der Waals surface area (Å²) in [7, 11) is -5.13. The number of aliphatic hydroxyl groups is 5. The maximum atomic E-state index is 12.7. The van der Waals surface area contributed by atoms with Crippen molar-refractivity contribution in [1.29, 1.82) is 0 Å². The molecule has 13 nitrogen and oxygen atoms in total. The Labute approximate surface area is 334 Å². The monoisotopic (exact) mass is 812 g/mol. The van der Waals surface area contributed by atoms with Crippen molar-refractivity contribution in [3.8, 4) is 0 Å². The molecule has 6 unspecified atom stereocenters. The van der Waals surface area contributed by atoms with Gasteiger partial charge >= 0.3 is 19.8 Å². The number of unbranched alkanes of at least 4 members (excludes halogenated alkanes) is 7. The Hall–Kier alpha value is -2.71. The van der Waals surface area contributed by atoms with Gasteiger partial charge in [0, 0.05) is 12.8 Å². The summed E-state index contributed by atoms with van der Waals surface area (Å²) in [6.07, 6.45) is 25.8. The van der Waals surface area contributed by atoms with Crippen LogP contribution in [-0.2, 0) is 32.7 Å². The van der Waals surface area contributed by atoms with Gasteiger partial charge in [-0.3, -0.25) is 18.6 Å². The molecule has 0 aromatic heterocycles. The van der Waals surface area contributed by atoms with Gasteiger partial charge in [0.1, 0.15) is 43.2 Å². The molecule has 0 aromatic carbocycles. The van der Waals surface area contributed by atoms with Crippen LogP contribution in [0.3, 0.4) is 0 Å². The van der Waals surface area contributed by atoms with E-state index in [9.17, 15) is 44.6 Å². The molecule has 6 N–H and O–H groups in total. The van der Waals surface area contributed by atoms with E-state index in [1.807, 2.05) is 18.2 Å². The molecule has 0 saturated heterocycles. The number of phosphoric ester groups is 1. The zero-order valence-corrected chi connectivity index (χ0v) is 34.3. The maximum absolute atomic E-state index is 12.7. The number of hydrogen-bond acceptors (Lipinski definition) is 12. The zero-order chi connectivity index (χ0) is 41.4. The highest BCUT2D eigenvalue weighted by atomic mass is 31.2. The van der Waals surface area contributed by atoms with E-state index in [4.69, 9.17) is 18.5 Å². The fourth-order valence-electron chi connectivity index (χ4n) is 5.55. The highest BCUT2D eigenvalue weighted by Gasteiger charge is 2.51. The van der Waals surface area contributed by atoms with Gasteiger partial charge in [-0.25, -0.2) is 4.57 Å². The second-order valence-corrected chi connectivity index (χ2v) is 15.2. The fraction of sp³-hybridized carbons (Fsp3) is 0.667. The molecule has 0 aliphatic heterocycles. The number of ether oxygens (including phenoxy) is 2. The minimum absolute atomic E-state index is 0.0310. The van der Waals surface area contributed by atoms with E-state index < -0.39 is 75.7 Å². The van der Waals surface area contributed by atoms with E-state index in [1.165, 1.54) is 19.3 Å². The van der Waals surface area contributed by atoms with Crippen LogP contribution in [0.25, 0.3) is 0 Å².